The van der Waals surface area contributed by atoms with Crippen LogP contribution in [-0.4, -0.2) is 41.1 Å². The summed E-state index contributed by atoms with van der Waals surface area (Å²) < 4.78 is 0. The Balaban J connectivity index is 2.43. The van der Waals surface area contributed by atoms with E-state index >= 15 is 0 Å². The van der Waals surface area contributed by atoms with E-state index in [0.29, 0.717) is 12.0 Å². The summed E-state index contributed by atoms with van der Waals surface area (Å²) in [6, 6.07) is 0.399. The minimum atomic E-state index is 0.0501. The molecule has 0 radical (unpaired) electrons. The zero-order chi connectivity index (χ0) is 12.1. The molecule has 0 aromatic heterocycles. The minimum Gasteiger partial charge on any atom is -0.325 e. The van der Waals surface area contributed by atoms with Crippen LogP contribution in [0.5, 0.6) is 0 Å². The van der Waals surface area contributed by atoms with Crippen LogP contribution in [0.2, 0.25) is 0 Å². The Labute approximate surface area is 103 Å². The number of hydrogen-bond donors (Lipinski definition) is 1. The predicted octanol–water partition coefficient (Wildman–Crippen LogP) is 1.93. The molecular weight excluding hydrogens is 220 g/mol. The second kappa shape index (κ2) is 6.50. The van der Waals surface area contributed by atoms with Gasteiger partial charge in [-0.25, -0.2) is 0 Å². The molecule has 2 unspecified atom stereocenters. The number of thioether (sulfide) groups is 1. The summed E-state index contributed by atoms with van der Waals surface area (Å²) in [5.74, 6) is 3.02. The van der Waals surface area contributed by atoms with Gasteiger partial charge in [-0.3, -0.25) is 10.1 Å². The number of amides is 1. The average Bonchev–Trinajstić information content (AvgIpc) is 2.56. The molecule has 0 bridgehead atoms. The second-order valence-corrected chi connectivity index (χ2v) is 6.18. The van der Waals surface area contributed by atoms with E-state index in [2.05, 4.69) is 33.0 Å². The number of carbonyl (C=O) groups is 1. The number of carbonyl (C=O) groups excluding carboxylic acids is 1. The van der Waals surface area contributed by atoms with Crippen molar-refractivity contribution >= 4 is 17.7 Å². The molecular formula is C12H24N2OS. The summed E-state index contributed by atoms with van der Waals surface area (Å²) in [7, 11) is 0. The van der Waals surface area contributed by atoms with Gasteiger partial charge in [-0.2, -0.15) is 11.8 Å². The lowest BCUT2D eigenvalue weighted by atomic mass is 10.0. The van der Waals surface area contributed by atoms with Crippen LogP contribution in [0, 0.1) is 5.92 Å². The Kier molecular flexibility index (Phi) is 5.62. The Bertz CT molecular complexity index is 233. The molecule has 1 rings (SSSR count). The largest absolute Gasteiger partial charge is 0.325 e. The molecule has 94 valence electrons. The molecule has 3 nitrogen and oxygen atoms in total. The highest BCUT2D eigenvalue weighted by Crippen LogP contribution is 2.17. The molecule has 0 spiro atoms. The number of rotatable bonds is 6. The van der Waals surface area contributed by atoms with Crippen molar-refractivity contribution < 1.29 is 4.79 Å². The third kappa shape index (κ3) is 3.67. The van der Waals surface area contributed by atoms with Crippen molar-refractivity contribution in [3.63, 3.8) is 0 Å². The molecule has 1 amide bonds. The van der Waals surface area contributed by atoms with E-state index in [1.54, 1.807) is 0 Å². The van der Waals surface area contributed by atoms with Gasteiger partial charge in [0.15, 0.2) is 0 Å². The standard InChI is InChI=1S/C12H24N2OS/c1-5-16-7-10(4)14-8-13-11(12(14)15)6-9(2)3/h9-11,13H,5-8H2,1-4H3. The highest BCUT2D eigenvalue weighted by atomic mass is 32.2. The van der Waals surface area contributed by atoms with Crippen molar-refractivity contribution in [2.45, 2.75) is 46.2 Å². The number of hydrogen-bond acceptors (Lipinski definition) is 3. The molecule has 1 N–H and O–H groups in total. The van der Waals surface area contributed by atoms with Gasteiger partial charge in [0.05, 0.1) is 12.7 Å². The number of nitrogens with one attached hydrogen (secondary N) is 1. The lowest BCUT2D eigenvalue weighted by molar-refractivity contribution is -0.130. The normalized spacial score (nSPS) is 23.2. The molecule has 1 heterocycles. The molecule has 0 aromatic carbocycles. The fraction of sp³-hybridized carbons (Fsp3) is 0.917. The first-order valence-corrected chi connectivity index (χ1v) is 7.33. The lowest BCUT2D eigenvalue weighted by Crippen LogP contribution is -2.38. The molecule has 0 aliphatic carbocycles. The van der Waals surface area contributed by atoms with Gasteiger partial charge in [0, 0.05) is 11.8 Å². The van der Waals surface area contributed by atoms with Crippen LogP contribution in [0.1, 0.15) is 34.1 Å². The van der Waals surface area contributed by atoms with Gasteiger partial charge in [0.2, 0.25) is 5.91 Å². The molecule has 0 aromatic rings. The zero-order valence-electron chi connectivity index (χ0n) is 10.8. The van der Waals surface area contributed by atoms with E-state index in [1.807, 2.05) is 16.7 Å². The highest BCUT2D eigenvalue weighted by molar-refractivity contribution is 7.99. The molecule has 4 heteroatoms. The molecule has 1 aliphatic heterocycles. The maximum Gasteiger partial charge on any atom is 0.241 e. The Morgan fingerprint density at radius 3 is 2.75 bits per heavy atom. The summed E-state index contributed by atoms with van der Waals surface area (Å²) in [6.07, 6.45) is 0.947. The Hall–Kier alpha value is -0.220. The van der Waals surface area contributed by atoms with E-state index < -0.39 is 0 Å². The van der Waals surface area contributed by atoms with Crippen LogP contribution in [0.25, 0.3) is 0 Å². The monoisotopic (exact) mass is 244 g/mol. The van der Waals surface area contributed by atoms with Crippen LogP contribution in [-0.2, 0) is 4.79 Å². The van der Waals surface area contributed by atoms with Crippen LogP contribution in [0.4, 0.5) is 0 Å². The van der Waals surface area contributed by atoms with E-state index in [4.69, 9.17) is 0 Å². The summed E-state index contributed by atoms with van der Waals surface area (Å²) in [4.78, 5) is 14.1. The molecule has 2 atom stereocenters. The van der Waals surface area contributed by atoms with Crippen molar-refractivity contribution in [1.82, 2.24) is 10.2 Å². The van der Waals surface area contributed by atoms with Gasteiger partial charge in [0.25, 0.3) is 0 Å². The van der Waals surface area contributed by atoms with E-state index in [1.165, 1.54) is 0 Å². The summed E-state index contributed by atoms with van der Waals surface area (Å²) in [6.45, 7) is 9.34. The highest BCUT2D eigenvalue weighted by Gasteiger charge is 2.33. The Morgan fingerprint density at radius 2 is 2.19 bits per heavy atom. The number of nitrogens with zero attached hydrogens (tertiary/aromatic N) is 1. The van der Waals surface area contributed by atoms with Crippen molar-refractivity contribution in [3.05, 3.63) is 0 Å². The van der Waals surface area contributed by atoms with Gasteiger partial charge in [-0.15, -0.1) is 0 Å². The van der Waals surface area contributed by atoms with Crippen LogP contribution in [0.15, 0.2) is 0 Å². The van der Waals surface area contributed by atoms with E-state index in [-0.39, 0.29) is 11.9 Å². The predicted molar refractivity (Wildman–Crippen MR) is 70.6 cm³/mol. The fourth-order valence-corrected chi connectivity index (χ4v) is 2.74. The van der Waals surface area contributed by atoms with Gasteiger partial charge >= 0.3 is 0 Å². The lowest BCUT2D eigenvalue weighted by Gasteiger charge is -2.23. The molecule has 1 aliphatic rings. The van der Waals surface area contributed by atoms with Crippen molar-refractivity contribution in [1.29, 1.82) is 0 Å². The minimum absolute atomic E-state index is 0.0501. The van der Waals surface area contributed by atoms with Gasteiger partial charge in [-0.05, 0) is 25.0 Å². The first-order chi connectivity index (χ1) is 7.56. The first-order valence-electron chi connectivity index (χ1n) is 6.17. The summed E-state index contributed by atoms with van der Waals surface area (Å²) in [5.41, 5.74) is 0. The van der Waals surface area contributed by atoms with Crippen molar-refractivity contribution in [3.8, 4) is 0 Å². The Morgan fingerprint density at radius 1 is 1.50 bits per heavy atom. The van der Waals surface area contributed by atoms with Gasteiger partial charge in [0.1, 0.15) is 0 Å². The topological polar surface area (TPSA) is 32.3 Å². The SMILES string of the molecule is CCSCC(C)N1CNC(CC(C)C)C1=O. The van der Waals surface area contributed by atoms with Crippen molar-refractivity contribution in [2.75, 3.05) is 18.2 Å². The van der Waals surface area contributed by atoms with Gasteiger partial charge in [-0.1, -0.05) is 20.8 Å². The van der Waals surface area contributed by atoms with Crippen LogP contribution >= 0.6 is 11.8 Å². The zero-order valence-corrected chi connectivity index (χ0v) is 11.6. The average molecular weight is 244 g/mol. The van der Waals surface area contributed by atoms with Crippen LogP contribution < -0.4 is 5.32 Å². The second-order valence-electron chi connectivity index (χ2n) is 4.86. The molecule has 16 heavy (non-hydrogen) atoms. The quantitative estimate of drug-likeness (QED) is 0.775. The molecule has 1 fully saturated rings. The third-order valence-corrected chi connectivity index (χ3v) is 4.02. The third-order valence-electron chi connectivity index (χ3n) is 2.89. The van der Waals surface area contributed by atoms with Crippen LogP contribution in [0.3, 0.4) is 0 Å². The van der Waals surface area contributed by atoms with E-state index in [0.717, 1.165) is 24.6 Å². The fourth-order valence-electron chi connectivity index (χ4n) is 1.98. The maximum absolute atomic E-state index is 12.1. The first kappa shape index (κ1) is 13.8. The smallest absolute Gasteiger partial charge is 0.241 e. The maximum atomic E-state index is 12.1. The molecule has 0 saturated carbocycles. The van der Waals surface area contributed by atoms with Crippen molar-refractivity contribution in [2.24, 2.45) is 5.92 Å². The van der Waals surface area contributed by atoms with E-state index in [9.17, 15) is 4.79 Å². The summed E-state index contributed by atoms with van der Waals surface area (Å²) >= 11 is 1.90. The molecule has 1 saturated heterocycles. The van der Waals surface area contributed by atoms with Gasteiger partial charge < -0.3 is 4.90 Å². The summed E-state index contributed by atoms with van der Waals surface area (Å²) in [5, 5.41) is 3.31.